The van der Waals surface area contributed by atoms with Gasteiger partial charge in [-0.15, -0.1) is 12.4 Å². The van der Waals surface area contributed by atoms with Crippen LogP contribution in [0.4, 0.5) is 0 Å². The number of benzene rings is 1. The highest BCUT2D eigenvalue weighted by molar-refractivity contribution is 6.35. The quantitative estimate of drug-likeness (QED) is 0.905. The Morgan fingerprint density at radius 1 is 1.48 bits per heavy atom. The van der Waals surface area contributed by atoms with Gasteiger partial charge in [0.05, 0.1) is 5.02 Å². The highest BCUT2D eigenvalue weighted by Crippen LogP contribution is 2.28. The third kappa shape index (κ3) is 4.65. The fraction of sp³-hybridized carbons (Fsp3) is 0.500. The van der Waals surface area contributed by atoms with E-state index < -0.39 is 6.10 Å². The van der Waals surface area contributed by atoms with Crippen molar-refractivity contribution in [3.63, 3.8) is 0 Å². The lowest BCUT2D eigenvalue weighted by Crippen LogP contribution is -2.44. The topological polar surface area (TPSA) is 41.6 Å². The van der Waals surface area contributed by atoms with E-state index in [0.717, 1.165) is 19.5 Å². The van der Waals surface area contributed by atoms with Crippen molar-refractivity contribution >= 4 is 41.5 Å². The van der Waals surface area contributed by atoms with Crippen molar-refractivity contribution in [1.29, 1.82) is 0 Å². The van der Waals surface area contributed by atoms with Crippen molar-refractivity contribution < 1.29 is 9.53 Å². The predicted octanol–water partition coefficient (Wildman–Crippen LogP) is 3.00. The first-order valence-electron chi connectivity index (χ1n) is 6.58. The van der Waals surface area contributed by atoms with Crippen molar-refractivity contribution in [2.45, 2.75) is 25.5 Å². The Morgan fingerprint density at radius 2 is 2.19 bits per heavy atom. The second kappa shape index (κ2) is 8.08. The van der Waals surface area contributed by atoms with Gasteiger partial charge in [0, 0.05) is 24.7 Å². The molecule has 1 aliphatic rings. The minimum atomic E-state index is -0.584. The Balaban J connectivity index is 0.00000220. The molecular weight excluding hydrogens is 335 g/mol. The van der Waals surface area contributed by atoms with Crippen LogP contribution in [0.15, 0.2) is 18.2 Å². The summed E-state index contributed by atoms with van der Waals surface area (Å²) in [6.45, 7) is 3.50. The first-order valence-corrected chi connectivity index (χ1v) is 7.33. The molecule has 21 heavy (non-hydrogen) atoms. The Labute approximate surface area is 141 Å². The van der Waals surface area contributed by atoms with Crippen LogP contribution in [-0.2, 0) is 4.79 Å². The second-order valence-corrected chi connectivity index (χ2v) is 5.77. The lowest BCUT2D eigenvalue weighted by molar-refractivity contribution is -0.138. The molecule has 1 fully saturated rings. The summed E-state index contributed by atoms with van der Waals surface area (Å²) >= 11 is 11.9. The molecule has 0 aromatic heterocycles. The molecular formula is C14H19Cl3N2O2. The van der Waals surface area contributed by atoms with Gasteiger partial charge in [0.1, 0.15) is 5.75 Å². The van der Waals surface area contributed by atoms with Crippen LogP contribution in [0, 0.1) is 0 Å². The SMILES string of the molecule is CC(Oc1ccc(Cl)cc1Cl)C(=O)N(C)C1CCNC1.Cl. The monoisotopic (exact) mass is 352 g/mol. The van der Waals surface area contributed by atoms with E-state index in [1.54, 1.807) is 30.0 Å². The molecule has 2 unspecified atom stereocenters. The summed E-state index contributed by atoms with van der Waals surface area (Å²) in [4.78, 5) is 14.1. The van der Waals surface area contributed by atoms with Crippen LogP contribution in [0.3, 0.4) is 0 Å². The van der Waals surface area contributed by atoms with Crippen molar-refractivity contribution in [3.8, 4) is 5.75 Å². The lowest BCUT2D eigenvalue weighted by atomic mass is 10.2. The summed E-state index contributed by atoms with van der Waals surface area (Å²) in [6, 6.07) is 5.19. The molecule has 4 nitrogen and oxygen atoms in total. The first-order chi connectivity index (χ1) is 9.49. The molecule has 0 bridgehead atoms. The zero-order valence-corrected chi connectivity index (χ0v) is 14.3. The number of carbonyl (C=O) groups is 1. The van der Waals surface area contributed by atoms with Gasteiger partial charge in [-0.2, -0.15) is 0 Å². The average Bonchev–Trinajstić information content (AvgIpc) is 2.94. The largest absolute Gasteiger partial charge is 0.479 e. The molecule has 0 aliphatic carbocycles. The van der Waals surface area contributed by atoms with Crippen molar-refractivity contribution in [2.75, 3.05) is 20.1 Å². The van der Waals surface area contributed by atoms with E-state index in [-0.39, 0.29) is 24.4 Å². The summed E-state index contributed by atoms with van der Waals surface area (Å²) in [5.41, 5.74) is 0. The minimum absolute atomic E-state index is 0. The number of likely N-dealkylation sites (N-methyl/N-ethyl adjacent to an activating group) is 1. The highest BCUT2D eigenvalue weighted by Gasteiger charge is 2.27. The van der Waals surface area contributed by atoms with Gasteiger partial charge in [-0.3, -0.25) is 4.79 Å². The van der Waals surface area contributed by atoms with E-state index in [2.05, 4.69) is 5.32 Å². The summed E-state index contributed by atoms with van der Waals surface area (Å²) < 4.78 is 5.64. The predicted molar refractivity (Wildman–Crippen MR) is 87.8 cm³/mol. The zero-order chi connectivity index (χ0) is 14.7. The van der Waals surface area contributed by atoms with E-state index in [1.807, 2.05) is 7.05 Å². The minimum Gasteiger partial charge on any atom is -0.479 e. The molecule has 1 aromatic carbocycles. The van der Waals surface area contributed by atoms with E-state index in [4.69, 9.17) is 27.9 Å². The van der Waals surface area contributed by atoms with Crippen LogP contribution in [-0.4, -0.2) is 43.1 Å². The van der Waals surface area contributed by atoms with E-state index in [9.17, 15) is 4.79 Å². The summed E-state index contributed by atoms with van der Waals surface area (Å²) in [6.07, 6.45) is 0.385. The number of halogens is 3. The molecule has 1 N–H and O–H groups in total. The Hall–Kier alpha value is -0.680. The van der Waals surface area contributed by atoms with Crippen LogP contribution in [0.1, 0.15) is 13.3 Å². The summed E-state index contributed by atoms with van der Waals surface area (Å²) in [5, 5.41) is 4.18. The van der Waals surface area contributed by atoms with Gasteiger partial charge in [0.2, 0.25) is 0 Å². The maximum absolute atomic E-state index is 12.3. The first kappa shape index (κ1) is 18.4. The van der Waals surface area contributed by atoms with Crippen molar-refractivity contribution in [1.82, 2.24) is 10.2 Å². The fourth-order valence-electron chi connectivity index (χ4n) is 2.25. The zero-order valence-electron chi connectivity index (χ0n) is 11.9. The number of rotatable bonds is 4. The maximum atomic E-state index is 12.3. The fourth-order valence-corrected chi connectivity index (χ4v) is 2.70. The van der Waals surface area contributed by atoms with Crippen LogP contribution >= 0.6 is 35.6 Å². The van der Waals surface area contributed by atoms with Crippen LogP contribution in [0.2, 0.25) is 10.0 Å². The maximum Gasteiger partial charge on any atom is 0.263 e. The number of hydrogen-bond donors (Lipinski definition) is 1. The third-order valence-electron chi connectivity index (χ3n) is 3.48. The van der Waals surface area contributed by atoms with Crippen LogP contribution in [0.25, 0.3) is 0 Å². The smallest absolute Gasteiger partial charge is 0.263 e. The van der Waals surface area contributed by atoms with Gasteiger partial charge in [-0.25, -0.2) is 0 Å². The normalized spacial score (nSPS) is 18.8. The number of amides is 1. The summed E-state index contributed by atoms with van der Waals surface area (Å²) in [5.74, 6) is 0.416. The van der Waals surface area contributed by atoms with Crippen molar-refractivity contribution in [3.05, 3.63) is 28.2 Å². The Kier molecular flexibility index (Phi) is 7.07. The van der Waals surface area contributed by atoms with E-state index in [1.165, 1.54) is 0 Å². The Morgan fingerprint density at radius 3 is 2.76 bits per heavy atom. The van der Waals surface area contributed by atoms with Gasteiger partial charge in [0.15, 0.2) is 6.10 Å². The number of nitrogens with one attached hydrogen (secondary N) is 1. The molecule has 1 heterocycles. The van der Waals surface area contributed by atoms with Crippen molar-refractivity contribution in [2.24, 2.45) is 0 Å². The molecule has 2 rings (SSSR count). The van der Waals surface area contributed by atoms with Gasteiger partial charge in [0.25, 0.3) is 5.91 Å². The molecule has 0 spiro atoms. The van der Waals surface area contributed by atoms with Gasteiger partial charge in [-0.1, -0.05) is 23.2 Å². The van der Waals surface area contributed by atoms with Gasteiger partial charge in [-0.05, 0) is 38.1 Å². The highest BCUT2D eigenvalue weighted by atomic mass is 35.5. The van der Waals surface area contributed by atoms with Crippen LogP contribution < -0.4 is 10.1 Å². The molecule has 0 radical (unpaired) electrons. The molecule has 1 amide bonds. The number of ether oxygens (including phenoxy) is 1. The molecule has 1 aromatic rings. The van der Waals surface area contributed by atoms with Crippen LogP contribution in [0.5, 0.6) is 5.75 Å². The average molecular weight is 354 g/mol. The standard InChI is InChI=1S/C14H18Cl2N2O2.ClH/c1-9(14(19)18(2)11-5-6-17-8-11)20-13-4-3-10(15)7-12(13)16;/h3-4,7,9,11,17H,5-6,8H2,1-2H3;1H. The summed E-state index contributed by atoms with van der Waals surface area (Å²) in [7, 11) is 1.81. The second-order valence-electron chi connectivity index (χ2n) is 4.93. The third-order valence-corrected chi connectivity index (χ3v) is 4.01. The molecule has 7 heteroatoms. The molecule has 1 aliphatic heterocycles. The molecule has 1 saturated heterocycles. The number of hydrogen-bond acceptors (Lipinski definition) is 3. The Bertz CT molecular complexity index is 493. The molecule has 2 atom stereocenters. The van der Waals surface area contributed by atoms with E-state index in [0.29, 0.717) is 15.8 Å². The molecule has 0 saturated carbocycles. The number of nitrogens with zero attached hydrogens (tertiary/aromatic N) is 1. The molecule has 118 valence electrons. The van der Waals surface area contributed by atoms with E-state index >= 15 is 0 Å². The van der Waals surface area contributed by atoms with Gasteiger partial charge < -0.3 is 15.0 Å². The van der Waals surface area contributed by atoms with Gasteiger partial charge >= 0.3 is 0 Å². The lowest BCUT2D eigenvalue weighted by Gasteiger charge is -2.27. The number of carbonyl (C=O) groups excluding carboxylic acids is 1.